The highest BCUT2D eigenvalue weighted by Gasteiger charge is 2.21. The Morgan fingerprint density at radius 1 is 1.42 bits per heavy atom. The molecule has 0 fully saturated rings. The number of hydrogen-bond acceptors (Lipinski definition) is 3. The van der Waals surface area contributed by atoms with Gasteiger partial charge >= 0.3 is 5.97 Å². The maximum atomic E-state index is 12.1. The lowest BCUT2D eigenvalue weighted by atomic mass is 10.2. The first-order valence-electron chi connectivity index (χ1n) is 5.88. The fraction of sp³-hybridized carbons (Fsp3) is 0.231. The number of carbonyl (C=O) groups excluding carboxylic acids is 1. The summed E-state index contributed by atoms with van der Waals surface area (Å²) < 4.78 is 1.83. The van der Waals surface area contributed by atoms with Gasteiger partial charge in [0.2, 0.25) is 0 Å². The van der Waals surface area contributed by atoms with E-state index in [1.165, 1.54) is 11.3 Å². The molecule has 2 heterocycles. The van der Waals surface area contributed by atoms with E-state index in [0.717, 1.165) is 5.69 Å². The number of amides is 1. The maximum absolute atomic E-state index is 12.1. The Hall–Kier alpha value is -2.08. The topological polar surface area (TPSA) is 71.3 Å². The predicted octanol–water partition coefficient (Wildman–Crippen LogP) is 2.13. The summed E-state index contributed by atoms with van der Waals surface area (Å²) >= 11 is 1.29. The van der Waals surface area contributed by atoms with E-state index >= 15 is 0 Å². The van der Waals surface area contributed by atoms with Crippen LogP contribution in [0.3, 0.4) is 0 Å². The lowest BCUT2D eigenvalue weighted by molar-refractivity contribution is -0.139. The molecule has 1 amide bonds. The highest BCUT2D eigenvalue weighted by Crippen LogP contribution is 2.21. The molecule has 19 heavy (non-hydrogen) atoms. The van der Waals surface area contributed by atoms with Crippen molar-refractivity contribution in [2.24, 2.45) is 0 Å². The average Bonchev–Trinajstić information content (AvgIpc) is 3.03. The van der Waals surface area contributed by atoms with E-state index in [0.29, 0.717) is 11.3 Å². The molecule has 0 saturated heterocycles. The second-order valence-electron chi connectivity index (χ2n) is 4.00. The number of aliphatic carboxylic acids is 1. The fourth-order valence-corrected chi connectivity index (χ4v) is 2.53. The largest absolute Gasteiger partial charge is 0.480 e. The van der Waals surface area contributed by atoms with Gasteiger partial charge in [-0.15, -0.1) is 11.3 Å². The first kappa shape index (κ1) is 13.4. The van der Waals surface area contributed by atoms with Gasteiger partial charge in [0.25, 0.3) is 5.91 Å². The molecule has 1 unspecified atom stereocenters. The molecule has 0 saturated carbocycles. The Bertz CT molecular complexity index is 574. The summed E-state index contributed by atoms with van der Waals surface area (Å²) in [6.07, 6.45) is 4.03. The molecule has 2 aromatic heterocycles. The van der Waals surface area contributed by atoms with Gasteiger partial charge in [-0.3, -0.25) is 4.79 Å². The van der Waals surface area contributed by atoms with Crippen LogP contribution in [0.4, 0.5) is 0 Å². The van der Waals surface area contributed by atoms with Crippen LogP contribution in [0.25, 0.3) is 5.69 Å². The zero-order chi connectivity index (χ0) is 13.8. The molecule has 0 aromatic carbocycles. The van der Waals surface area contributed by atoms with Crippen molar-refractivity contribution in [2.45, 2.75) is 19.4 Å². The highest BCUT2D eigenvalue weighted by molar-refractivity contribution is 7.12. The Labute approximate surface area is 114 Å². The molecule has 5 nitrogen and oxygen atoms in total. The first-order valence-corrected chi connectivity index (χ1v) is 6.76. The molecule has 6 heteroatoms. The molecule has 2 N–H and O–H groups in total. The molecule has 0 aliphatic rings. The predicted molar refractivity (Wildman–Crippen MR) is 72.8 cm³/mol. The van der Waals surface area contributed by atoms with Crippen LogP contribution in [0.15, 0.2) is 36.0 Å². The van der Waals surface area contributed by atoms with Crippen molar-refractivity contribution in [3.8, 4) is 5.69 Å². The van der Waals surface area contributed by atoms with Crippen LogP contribution >= 0.6 is 11.3 Å². The van der Waals surface area contributed by atoms with Gasteiger partial charge in [0.05, 0.1) is 5.69 Å². The van der Waals surface area contributed by atoms with Crippen molar-refractivity contribution in [1.29, 1.82) is 0 Å². The van der Waals surface area contributed by atoms with Crippen LogP contribution in [-0.2, 0) is 4.79 Å². The van der Waals surface area contributed by atoms with Crippen molar-refractivity contribution < 1.29 is 14.7 Å². The number of aromatic nitrogens is 1. The van der Waals surface area contributed by atoms with Crippen LogP contribution in [0.5, 0.6) is 0 Å². The highest BCUT2D eigenvalue weighted by atomic mass is 32.1. The summed E-state index contributed by atoms with van der Waals surface area (Å²) in [7, 11) is 0. The summed E-state index contributed by atoms with van der Waals surface area (Å²) in [6.45, 7) is 1.72. The number of thiophene rings is 1. The van der Waals surface area contributed by atoms with Crippen LogP contribution in [0.2, 0.25) is 0 Å². The third-order valence-corrected chi connectivity index (χ3v) is 3.65. The smallest absolute Gasteiger partial charge is 0.326 e. The van der Waals surface area contributed by atoms with E-state index in [2.05, 4.69) is 5.32 Å². The van der Waals surface area contributed by atoms with E-state index < -0.39 is 12.0 Å². The standard InChI is InChI=1S/C13H14N2O3S/c1-2-9(13(17)18)14-12(16)11-10(5-8-19-11)15-6-3-4-7-15/h3-9H,2H2,1H3,(H,14,16)(H,17,18). The lowest BCUT2D eigenvalue weighted by Gasteiger charge is -2.12. The zero-order valence-corrected chi connectivity index (χ0v) is 11.2. The first-order chi connectivity index (χ1) is 9.13. The van der Waals surface area contributed by atoms with Gasteiger partial charge in [0.15, 0.2) is 0 Å². The Balaban J connectivity index is 2.21. The van der Waals surface area contributed by atoms with E-state index in [1.807, 2.05) is 40.5 Å². The van der Waals surface area contributed by atoms with Gasteiger partial charge < -0.3 is 15.0 Å². The summed E-state index contributed by atoms with van der Waals surface area (Å²) in [5, 5.41) is 13.3. The number of carbonyl (C=O) groups is 2. The number of hydrogen-bond donors (Lipinski definition) is 2. The Kier molecular flexibility index (Phi) is 4.01. The SMILES string of the molecule is CCC(NC(=O)c1sccc1-n1cccc1)C(=O)O. The fourth-order valence-electron chi connectivity index (χ4n) is 1.73. The molecule has 100 valence electrons. The van der Waals surface area contributed by atoms with Crippen molar-refractivity contribution in [3.05, 3.63) is 40.8 Å². The molecule has 0 aliphatic carbocycles. The van der Waals surface area contributed by atoms with E-state index in [9.17, 15) is 9.59 Å². The minimum Gasteiger partial charge on any atom is -0.480 e. The van der Waals surface area contributed by atoms with Gasteiger partial charge in [-0.25, -0.2) is 4.79 Å². The van der Waals surface area contributed by atoms with E-state index in [-0.39, 0.29) is 5.91 Å². The third kappa shape index (κ3) is 2.85. The number of nitrogens with zero attached hydrogens (tertiary/aromatic N) is 1. The Morgan fingerprint density at radius 2 is 2.11 bits per heavy atom. The van der Waals surface area contributed by atoms with Gasteiger partial charge in [-0.1, -0.05) is 6.92 Å². The number of nitrogens with one attached hydrogen (secondary N) is 1. The molecule has 0 spiro atoms. The summed E-state index contributed by atoms with van der Waals surface area (Å²) in [4.78, 5) is 23.6. The normalized spacial score (nSPS) is 12.1. The number of carboxylic acids is 1. The van der Waals surface area contributed by atoms with Crippen molar-refractivity contribution in [3.63, 3.8) is 0 Å². The number of carboxylic acid groups (broad SMARTS) is 1. The molecule has 1 atom stereocenters. The summed E-state index contributed by atoms with van der Waals surface area (Å²) in [6, 6.07) is 4.71. The monoisotopic (exact) mass is 278 g/mol. The quantitative estimate of drug-likeness (QED) is 0.880. The molecule has 0 aliphatic heterocycles. The van der Waals surface area contributed by atoms with Gasteiger partial charge in [0.1, 0.15) is 10.9 Å². The second-order valence-corrected chi connectivity index (χ2v) is 4.91. The minimum atomic E-state index is -1.02. The van der Waals surface area contributed by atoms with E-state index in [1.54, 1.807) is 6.92 Å². The Morgan fingerprint density at radius 3 is 2.68 bits per heavy atom. The van der Waals surface area contributed by atoms with Crippen molar-refractivity contribution in [1.82, 2.24) is 9.88 Å². The number of rotatable bonds is 5. The van der Waals surface area contributed by atoms with Crippen LogP contribution < -0.4 is 5.32 Å². The minimum absolute atomic E-state index is 0.352. The maximum Gasteiger partial charge on any atom is 0.326 e. The average molecular weight is 278 g/mol. The third-order valence-electron chi connectivity index (χ3n) is 2.74. The molecule has 2 aromatic rings. The second kappa shape index (κ2) is 5.71. The molecular weight excluding hydrogens is 264 g/mol. The lowest BCUT2D eigenvalue weighted by Crippen LogP contribution is -2.40. The van der Waals surface area contributed by atoms with Crippen LogP contribution in [0, 0.1) is 0 Å². The summed E-state index contributed by atoms with van der Waals surface area (Å²) in [5.41, 5.74) is 0.757. The van der Waals surface area contributed by atoms with Gasteiger partial charge in [-0.05, 0) is 30.0 Å². The molecule has 0 radical (unpaired) electrons. The van der Waals surface area contributed by atoms with Gasteiger partial charge in [-0.2, -0.15) is 0 Å². The van der Waals surface area contributed by atoms with Crippen LogP contribution in [-0.4, -0.2) is 27.6 Å². The van der Waals surface area contributed by atoms with E-state index in [4.69, 9.17) is 5.11 Å². The molecular formula is C13H14N2O3S. The van der Waals surface area contributed by atoms with Gasteiger partial charge in [0, 0.05) is 12.4 Å². The van der Waals surface area contributed by atoms with Crippen molar-refractivity contribution in [2.75, 3.05) is 0 Å². The molecule has 0 bridgehead atoms. The molecule has 2 rings (SSSR count). The van der Waals surface area contributed by atoms with Crippen molar-refractivity contribution >= 4 is 23.2 Å². The zero-order valence-electron chi connectivity index (χ0n) is 10.4. The van der Waals surface area contributed by atoms with Crippen LogP contribution in [0.1, 0.15) is 23.0 Å². The summed E-state index contributed by atoms with van der Waals surface area (Å²) in [5.74, 6) is -1.37.